The fourth-order valence-electron chi connectivity index (χ4n) is 1.42. The molecule has 0 aliphatic rings. The Labute approximate surface area is 92.1 Å². The molecule has 4 heteroatoms. The van der Waals surface area contributed by atoms with E-state index in [1.54, 1.807) is 12.1 Å². The smallest absolute Gasteiger partial charge is 0.213 e. The summed E-state index contributed by atoms with van der Waals surface area (Å²) in [6.07, 6.45) is 1.53. The van der Waals surface area contributed by atoms with Gasteiger partial charge in [-0.2, -0.15) is 0 Å². The number of aromatic nitrogens is 1. The van der Waals surface area contributed by atoms with Crippen LogP contribution in [0.5, 0.6) is 11.6 Å². The lowest BCUT2D eigenvalue weighted by Gasteiger charge is -2.05. The zero-order valence-corrected chi connectivity index (χ0v) is 8.64. The summed E-state index contributed by atoms with van der Waals surface area (Å²) >= 11 is 0. The van der Waals surface area contributed by atoms with Gasteiger partial charge in [-0.25, -0.2) is 9.37 Å². The first-order valence-electron chi connectivity index (χ1n) is 4.69. The fourth-order valence-corrected chi connectivity index (χ4v) is 1.42. The number of hydrogen-bond donors (Lipinski definition) is 1. The molecule has 0 amide bonds. The third-order valence-corrected chi connectivity index (χ3v) is 2.20. The number of methoxy groups -OCH3 is 1. The lowest BCUT2D eigenvalue weighted by Crippen LogP contribution is -1.89. The van der Waals surface area contributed by atoms with Gasteiger partial charge in [0.15, 0.2) is 0 Å². The van der Waals surface area contributed by atoms with Crippen molar-refractivity contribution in [2.45, 2.75) is 0 Å². The van der Waals surface area contributed by atoms with E-state index < -0.39 is 5.82 Å². The highest BCUT2D eigenvalue weighted by Crippen LogP contribution is 2.27. The van der Waals surface area contributed by atoms with Crippen molar-refractivity contribution in [3.8, 4) is 22.8 Å². The number of aromatic hydroxyl groups is 1. The first-order chi connectivity index (χ1) is 7.70. The molecule has 0 unspecified atom stereocenters. The fraction of sp³-hybridized carbons (Fsp3) is 0.0833. The molecule has 1 aromatic heterocycles. The maximum Gasteiger partial charge on any atom is 0.213 e. The molecule has 2 rings (SSSR count). The molecule has 1 N–H and O–H groups in total. The Morgan fingerprint density at radius 1 is 1.25 bits per heavy atom. The monoisotopic (exact) mass is 219 g/mol. The van der Waals surface area contributed by atoms with E-state index in [9.17, 15) is 9.50 Å². The lowest BCUT2D eigenvalue weighted by atomic mass is 10.1. The molecule has 0 spiro atoms. The van der Waals surface area contributed by atoms with Crippen molar-refractivity contribution in [2.24, 2.45) is 0 Å². The number of benzene rings is 1. The molecule has 0 saturated carbocycles. The molecular weight excluding hydrogens is 209 g/mol. The summed E-state index contributed by atoms with van der Waals surface area (Å²) < 4.78 is 18.5. The second-order valence-electron chi connectivity index (χ2n) is 3.25. The SMILES string of the molecule is COc1cc(-c2cc(O)ccc2F)ccn1. The molecule has 0 saturated heterocycles. The van der Waals surface area contributed by atoms with Gasteiger partial charge in [-0.3, -0.25) is 0 Å². The third-order valence-electron chi connectivity index (χ3n) is 2.20. The van der Waals surface area contributed by atoms with Crippen molar-refractivity contribution >= 4 is 0 Å². The molecule has 3 nitrogen and oxygen atoms in total. The van der Waals surface area contributed by atoms with E-state index in [4.69, 9.17) is 4.74 Å². The van der Waals surface area contributed by atoms with E-state index in [-0.39, 0.29) is 5.75 Å². The van der Waals surface area contributed by atoms with Crippen LogP contribution in [0.4, 0.5) is 4.39 Å². The molecule has 16 heavy (non-hydrogen) atoms. The number of phenolic OH excluding ortho intramolecular Hbond substituents is 1. The average Bonchev–Trinajstić information content (AvgIpc) is 2.32. The summed E-state index contributed by atoms with van der Waals surface area (Å²) in [7, 11) is 1.49. The van der Waals surface area contributed by atoms with Crippen LogP contribution >= 0.6 is 0 Å². The Hall–Kier alpha value is -2.10. The summed E-state index contributed by atoms with van der Waals surface area (Å²) in [4.78, 5) is 3.93. The summed E-state index contributed by atoms with van der Waals surface area (Å²) in [5.74, 6) is 0.0264. The Morgan fingerprint density at radius 2 is 2.06 bits per heavy atom. The maximum atomic E-state index is 13.5. The van der Waals surface area contributed by atoms with Gasteiger partial charge in [0.05, 0.1) is 7.11 Å². The zero-order valence-electron chi connectivity index (χ0n) is 8.64. The number of hydrogen-bond acceptors (Lipinski definition) is 3. The minimum atomic E-state index is -0.397. The van der Waals surface area contributed by atoms with Crippen molar-refractivity contribution in [3.63, 3.8) is 0 Å². The Kier molecular flexibility index (Phi) is 2.72. The molecule has 0 radical (unpaired) electrons. The standard InChI is InChI=1S/C12H10FNO2/c1-16-12-6-8(4-5-14-12)10-7-9(15)2-3-11(10)13/h2-7,15H,1H3. The average molecular weight is 219 g/mol. The van der Waals surface area contributed by atoms with Gasteiger partial charge in [0.25, 0.3) is 0 Å². The highest BCUT2D eigenvalue weighted by molar-refractivity contribution is 5.66. The highest BCUT2D eigenvalue weighted by Gasteiger charge is 2.07. The molecule has 1 aromatic carbocycles. The Balaban J connectivity index is 2.53. The van der Waals surface area contributed by atoms with E-state index in [1.807, 2.05) is 0 Å². The lowest BCUT2D eigenvalue weighted by molar-refractivity contribution is 0.398. The van der Waals surface area contributed by atoms with Crippen molar-refractivity contribution < 1.29 is 14.2 Å². The summed E-state index contributed by atoms with van der Waals surface area (Å²) in [6.45, 7) is 0. The number of halogens is 1. The van der Waals surface area contributed by atoms with Crippen LogP contribution in [0.25, 0.3) is 11.1 Å². The third kappa shape index (κ3) is 1.95. The molecule has 1 heterocycles. The quantitative estimate of drug-likeness (QED) is 0.844. The van der Waals surface area contributed by atoms with Crippen LogP contribution in [0, 0.1) is 5.82 Å². The van der Waals surface area contributed by atoms with Gasteiger partial charge >= 0.3 is 0 Å². The van der Waals surface area contributed by atoms with E-state index in [0.717, 1.165) is 0 Å². The summed E-state index contributed by atoms with van der Waals surface area (Å²) in [5, 5.41) is 9.31. The number of phenols is 1. The number of pyridine rings is 1. The van der Waals surface area contributed by atoms with Crippen LogP contribution in [0.15, 0.2) is 36.5 Å². The predicted molar refractivity (Wildman–Crippen MR) is 57.8 cm³/mol. The first kappa shape index (κ1) is 10.4. The predicted octanol–water partition coefficient (Wildman–Crippen LogP) is 2.60. The van der Waals surface area contributed by atoms with Gasteiger partial charge < -0.3 is 9.84 Å². The number of rotatable bonds is 2. The first-order valence-corrected chi connectivity index (χ1v) is 4.69. The Bertz CT molecular complexity index is 514. The number of ether oxygens (including phenoxy) is 1. The van der Waals surface area contributed by atoms with Gasteiger partial charge in [0.1, 0.15) is 11.6 Å². The van der Waals surface area contributed by atoms with Crippen LogP contribution in [0.3, 0.4) is 0 Å². The largest absolute Gasteiger partial charge is 0.508 e. The number of nitrogens with zero attached hydrogens (tertiary/aromatic N) is 1. The van der Waals surface area contributed by atoms with E-state index >= 15 is 0 Å². The van der Waals surface area contributed by atoms with Crippen molar-refractivity contribution in [2.75, 3.05) is 7.11 Å². The molecule has 0 bridgehead atoms. The van der Waals surface area contributed by atoms with Crippen LogP contribution < -0.4 is 4.74 Å². The maximum absolute atomic E-state index is 13.5. The second-order valence-corrected chi connectivity index (χ2v) is 3.25. The molecule has 0 atom stereocenters. The zero-order chi connectivity index (χ0) is 11.5. The highest BCUT2D eigenvalue weighted by atomic mass is 19.1. The van der Waals surface area contributed by atoms with Gasteiger partial charge in [0, 0.05) is 17.8 Å². The molecule has 2 aromatic rings. The van der Waals surface area contributed by atoms with Crippen LogP contribution in [0.1, 0.15) is 0 Å². The van der Waals surface area contributed by atoms with E-state index in [1.165, 1.54) is 31.5 Å². The minimum Gasteiger partial charge on any atom is -0.508 e. The molecule has 0 aliphatic heterocycles. The van der Waals surface area contributed by atoms with Gasteiger partial charge in [-0.15, -0.1) is 0 Å². The van der Waals surface area contributed by atoms with Gasteiger partial charge in [0.2, 0.25) is 5.88 Å². The minimum absolute atomic E-state index is 0.0205. The molecule has 82 valence electrons. The molecule has 0 fully saturated rings. The van der Waals surface area contributed by atoms with Gasteiger partial charge in [-0.05, 0) is 29.8 Å². The van der Waals surface area contributed by atoms with E-state index in [2.05, 4.69) is 4.98 Å². The van der Waals surface area contributed by atoms with E-state index in [0.29, 0.717) is 17.0 Å². The Morgan fingerprint density at radius 3 is 2.81 bits per heavy atom. The molecular formula is C12H10FNO2. The van der Waals surface area contributed by atoms with Crippen molar-refractivity contribution in [3.05, 3.63) is 42.3 Å². The van der Waals surface area contributed by atoms with Crippen LogP contribution in [-0.4, -0.2) is 17.2 Å². The van der Waals surface area contributed by atoms with Crippen LogP contribution in [0.2, 0.25) is 0 Å². The van der Waals surface area contributed by atoms with Crippen LogP contribution in [-0.2, 0) is 0 Å². The topological polar surface area (TPSA) is 42.4 Å². The van der Waals surface area contributed by atoms with Crippen molar-refractivity contribution in [1.82, 2.24) is 4.98 Å². The molecule has 0 aliphatic carbocycles. The second kappa shape index (κ2) is 4.18. The summed E-state index contributed by atoms with van der Waals surface area (Å²) in [6, 6.07) is 7.15. The van der Waals surface area contributed by atoms with Gasteiger partial charge in [-0.1, -0.05) is 0 Å². The van der Waals surface area contributed by atoms with Crippen molar-refractivity contribution in [1.29, 1.82) is 0 Å². The normalized spacial score (nSPS) is 10.1. The summed E-state index contributed by atoms with van der Waals surface area (Å²) in [5.41, 5.74) is 0.931.